The largest absolute Gasteiger partial charge is 0.378 e. The minimum absolute atomic E-state index is 0.414. The molecule has 0 radical (unpaired) electrons. The van der Waals surface area contributed by atoms with Gasteiger partial charge in [-0.05, 0) is 49.1 Å². The first-order valence-corrected chi connectivity index (χ1v) is 6.61. The molecule has 2 aromatic carbocycles. The molecule has 0 aliphatic heterocycles. The number of anilines is 1. The molecule has 0 spiro atoms. The summed E-state index contributed by atoms with van der Waals surface area (Å²) < 4.78 is 0. The number of aliphatic hydroxyl groups excluding tert-OH is 1. The normalized spacial score (nSPS) is 12.0. The van der Waals surface area contributed by atoms with Gasteiger partial charge in [-0.1, -0.05) is 36.4 Å². The van der Waals surface area contributed by atoms with E-state index < -0.39 is 12.0 Å². The van der Waals surface area contributed by atoms with Gasteiger partial charge < -0.3 is 10.4 Å². The second kappa shape index (κ2) is 5.88. The Labute approximate surface area is 119 Å². The van der Waals surface area contributed by atoms with E-state index in [1.165, 1.54) is 0 Å². The van der Waals surface area contributed by atoms with E-state index in [4.69, 9.17) is 0 Å². The van der Waals surface area contributed by atoms with E-state index in [1.54, 1.807) is 6.07 Å². The summed E-state index contributed by atoms with van der Waals surface area (Å²) in [7, 11) is 0. The quantitative estimate of drug-likeness (QED) is 0.898. The molecule has 1 amide bonds. The van der Waals surface area contributed by atoms with Crippen LogP contribution in [-0.4, -0.2) is 11.0 Å². The topological polar surface area (TPSA) is 49.3 Å². The number of hydrogen-bond donors (Lipinski definition) is 2. The molecule has 1 unspecified atom stereocenters. The standard InChI is InChI=1S/C17H19NO2/c1-11-8-9-14(10-13(11)3)16(19)17(20)18-15-7-5-4-6-12(15)2/h4-10,16,19H,1-3H3,(H,18,20). The van der Waals surface area contributed by atoms with E-state index in [0.29, 0.717) is 5.56 Å². The van der Waals surface area contributed by atoms with Crippen molar-refractivity contribution >= 4 is 11.6 Å². The van der Waals surface area contributed by atoms with Crippen LogP contribution in [0.1, 0.15) is 28.4 Å². The van der Waals surface area contributed by atoms with Crippen LogP contribution in [0, 0.1) is 20.8 Å². The average molecular weight is 269 g/mol. The number of nitrogens with one attached hydrogen (secondary N) is 1. The fourth-order valence-electron chi connectivity index (χ4n) is 2.00. The van der Waals surface area contributed by atoms with Gasteiger partial charge in [-0.3, -0.25) is 4.79 Å². The monoisotopic (exact) mass is 269 g/mol. The molecule has 104 valence electrons. The van der Waals surface area contributed by atoms with E-state index in [2.05, 4.69) is 5.32 Å². The lowest BCUT2D eigenvalue weighted by Gasteiger charge is -2.14. The van der Waals surface area contributed by atoms with Crippen LogP contribution in [0.5, 0.6) is 0 Å². The molecule has 3 heteroatoms. The Bertz CT molecular complexity index is 635. The minimum Gasteiger partial charge on any atom is -0.378 e. The van der Waals surface area contributed by atoms with E-state index in [1.807, 2.05) is 57.2 Å². The van der Waals surface area contributed by atoms with Gasteiger partial charge in [-0.15, -0.1) is 0 Å². The maximum absolute atomic E-state index is 12.1. The Balaban J connectivity index is 2.16. The summed E-state index contributed by atoms with van der Waals surface area (Å²) in [5.41, 5.74) is 4.50. The molecule has 0 bridgehead atoms. The van der Waals surface area contributed by atoms with Crippen LogP contribution in [0.4, 0.5) is 5.69 Å². The summed E-state index contributed by atoms with van der Waals surface area (Å²) in [6.07, 6.45) is -1.16. The highest BCUT2D eigenvalue weighted by Crippen LogP contribution is 2.20. The van der Waals surface area contributed by atoms with Crippen molar-refractivity contribution < 1.29 is 9.90 Å². The first-order valence-electron chi connectivity index (χ1n) is 6.61. The fourth-order valence-corrected chi connectivity index (χ4v) is 2.00. The van der Waals surface area contributed by atoms with E-state index >= 15 is 0 Å². The lowest BCUT2D eigenvalue weighted by Crippen LogP contribution is -2.21. The fraction of sp³-hybridized carbons (Fsp3) is 0.235. The summed E-state index contributed by atoms with van der Waals surface area (Å²) >= 11 is 0. The lowest BCUT2D eigenvalue weighted by atomic mass is 10.0. The summed E-state index contributed by atoms with van der Waals surface area (Å²) in [6, 6.07) is 13.0. The molecule has 0 fully saturated rings. The number of hydrogen-bond acceptors (Lipinski definition) is 2. The maximum atomic E-state index is 12.1. The zero-order chi connectivity index (χ0) is 14.7. The van der Waals surface area contributed by atoms with Gasteiger partial charge in [-0.2, -0.15) is 0 Å². The van der Waals surface area contributed by atoms with Crippen molar-refractivity contribution in [3.8, 4) is 0 Å². The maximum Gasteiger partial charge on any atom is 0.257 e. The Kier molecular flexibility index (Phi) is 4.20. The van der Waals surface area contributed by atoms with Crippen molar-refractivity contribution in [2.24, 2.45) is 0 Å². The van der Waals surface area contributed by atoms with Crippen molar-refractivity contribution in [3.05, 3.63) is 64.7 Å². The molecule has 3 nitrogen and oxygen atoms in total. The number of carbonyl (C=O) groups is 1. The molecule has 0 heterocycles. The molecule has 2 rings (SSSR count). The Morgan fingerprint density at radius 2 is 1.70 bits per heavy atom. The van der Waals surface area contributed by atoms with Crippen LogP contribution >= 0.6 is 0 Å². The SMILES string of the molecule is Cc1ccc(C(O)C(=O)Nc2ccccc2C)cc1C. The van der Waals surface area contributed by atoms with E-state index in [0.717, 1.165) is 22.4 Å². The molecular formula is C17H19NO2. The minimum atomic E-state index is -1.16. The molecule has 1 atom stereocenters. The van der Waals surface area contributed by atoms with E-state index in [9.17, 15) is 9.90 Å². The van der Waals surface area contributed by atoms with Crippen molar-refractivity contribution in [1.29, 1.82) is 0 Å². The lowest BCUT2D eigenvalue weighted by molar-refractivity contribution is -0.124. The van der Waals surface area contributed by atoms with Crippen LogP contribution in [0.3, 0.4) is 0 Å². The van der Waals surface area contributed by atoms with Gasteiger partial charge in [0.15, 0.2) is 6.10 Å². The van der Waals surface area contributed by atoms with Gasteiger partial charge in [0.1, 0.15) is 0 Å². The number of rotatable bonds is 3. The highest BCUT2D eigenvalue weighted by atomic mass is 16.3. The van der Waals surface area contributed by atoms with Gasteiger partial charge in [0, 0.05) is 5.69 Å². The first-order chi connectivity index (χ1) is 9.49. The molecule has 2 N–H and O–H groups in total. The number of amides is 1. The average Bonchev–Trinajstić information content (AvgIpc) is 2.43. The van der Waals surface area contributed by atoms with Crippen molar-refractivity contribution in [2.75, 3.05) is 5.32 Å². The molecule has 0 aromatic heterocycles. The summed E-state index contributed by atoms with van der Waals surface area (Å²) in [5.74, 6) is -0.414. The zero-order valence-electron chi connectivity index (χ0n) is 12.0. The first kappa shape index (κ1) is 14.3. The number of benzene rings is 2. The summed E-state index contributed by atoms with van der Waals surface area (Å²) in [5, 5.41) is 12.9. The zero-order valence-corrected chi connectivity index (χ0v) is 12.0. The molecule has 0 aliphatic carbocycles. The van der Waals surface area contributed by atoms with Crippen LogP contribution in [-0.2, 0) is 4.79 Å². The number of carbonyl (C=O) groups excluding carboxylic acids is 1. The van der Waals surface area contributed by atoms with Gasteiger partial charge in [0.05, 0.1) is 0 Å². The highest BCUT2D eigenvalue weighted by Gasteiger charge is 2.18. The Hall–Kier alpha value is -2.13. The molecule has 2 aromatic rings. The van der Waals surface area contributed by atoms with Crippen LogP contribution in [0.15, 0.2) is 42.5 Å². The summed E-state index contributed by atoms with van der Waals surface area (Å²) in [6.45, 7) is 5.88. The molecule has 0 aliphatic rings. The van der Waals surface area contributed by atoms with Crippen molar-refractivity contribution in [3.63, 3.8) is 0 Å². The predicted molar refractivity (Wildman–Crippen MR) is 80.7 cm³/mol. The van der Waals surface area contributed by atoms with Gasteiger partial charge in [0.25, 0.3) is 5.91 Å². The number of aryl methyl sites for hydroxylation is 3. The number of aliphatic hydroxyl groups is 1. The van der Waals surface area contributed by atoms with Gasteiger partial charge in [-0.25, -0.2) is 0 Å². The highest BCUT2D eigenvalue weighted by molar-refractivity contribution is 5.95. The van der Waals surface area contributed by atoms with Crippen molar-refractivity contribution in [2.45, 2.75) is 26.9 Å². The second-order valence-corrected chi connectivity index (χ2v) is 5.05. The number of para-hydroxylation sites is 1. The molecule has 20 heavy (non-hydrogen) atoms. The van der Waals surface area contributed by atoms with E-state index in [-0.39, 0.29) is 0 Å². The third-order valence-corrected chi connectivity index (χ3v) is 3.50. The van der Waals surface area contributed by atoms with Gasteiger partial charge in [0.2, 0.25) is 0 Å². The summed E-state index contributed by atoms with van der Waals surface area (Å²) in [4.78, 5) is 12.1. The van der Waals surface area contributed by atoms with Crippen LogP contribution in [0.25, 0.3) is 0 Å². The molecule has 0 saturated carbocycles. The smallest absolute Gasteiger partial charge is 0.257 e. The Morgan fingerprint density at radius 1 is 1.00 bits per heavy atom. The van der Waals surface area contributed by atoms with Crippen LogP contribution in [0.2, 0.25) is 0 Å². The van der Waals surface area contributed by atoms with Crippen LogP contribution < -0.4 is 5.32 Å². The third-order valence-electron chi connectivity index (χ3n) is 3.50. The predicted octanol–water partition coefficient (Wildman–Crippen LogP) is 3.28. The Morgan fingerprint density at radius 3 is 2.35 bits per heavy atom. The molecular weight excluding hydrogens is 250 g/mol. The van der Waals surface area contributed by atoms with Crippen molar-refractivity contribution in [1.82, 2.24) is 0 Å². The van der Waals surface area contributed by atoms with Gasteiger partial charge >= 0.3 is 0 Å². The molecule has 0 saturated heterocycles. The third kappa shape index (κ3) is 3.06. The second-order valence-electron chi connectivity index (χ2n) is 5.05.